The van der Waals surface area contributed by atoms with E-state index in [9.17, 15) is 19.5 Å². The number of phenols is 1. The fourth-order valence-corrected chi connectivity index (χ4v) is 6.07. The summed E-state index contributed by atoms with van der Waals surface area (Å²) in [6.45, 7) is 3.46. The van der Waals surface area contributed by atoms with Crippen LogP contribution < -0.4 is 21.5 Å². The van der Waals surface area contributed by atoms with Crippen molar-refractivity contribution in [2.75, 3.05) is 50.1 Å². The Balaban J connectivity index is 1.29. The number of benzene rings is 1. The number of primary amides is 1. The molecule has 4 aromatic rings. The lowest BCUT2D eigenvalue weighted by Gasteiger charge is -2.38. The van der Waals surface area contributed by atoms with Gasteiger partial charge in [-0.25, -0.2) is 14.4 Å². The zero-order chi connectivity index (χ0) is 31.3. The number of aromatic nitrogens is 4. The zero-order valence-electron chi connectivity index (χ0n) is 24.0. The van der Waals surface area contributed by atoms with E-state index >= 15 is 4.39 Å². The molecule has 1 atom stereocenters. The van der Waals surface area contributed by atoms with Gasteiger partial charge in [-0.15, -0.1) is 0 Å². The summed E-state index contributed by atoms with van der Waals surface area (Å²) in [6.07, 6.45) is 5.00. The molecule has 2 aliphatic heterocycles. The largest absolute Gasteiger partial charge is 0.507 e. The van der Waals surface area contributed by atoms with Crippen molar-refractivity contribution in [3.05, 3.63) is 63.7 Å². The number of amides is 2. The van der Waals surface area contributed by atoms with E-state index < -0.39 is 28.9 Å². The van der Waals surface area contributed by atoms with Crippen molar-refractivity contribution in [1.29, 1.82) is 0 Å². The summed E-state index contributed by atoms with van der Waals surface area (Å²) < 4.78 is 23.8. The number of rotatable bonds is 6. The first-order valence-electron chi connectivity index (χ1n) is 13.8. The minimum atomic E-state index is -0.978. The maximum atomic E-state index is 15.1. The van der Waals surface area contributed by atoms with Gasteiger partial charge in [-0.3, -0.25) is 14.4 Å². The fraction of sp³-hybridized carbons (Fsp3) is 0.345. The number of hydrogen-bond donors (Lipinski definition) is 3. The maximum absolute atomic E-state index is 15.1. The molecule has 1 unspecified atom stereocenters. The van der Waals surface area contributed by atoms with Crippen LogP contribution in [0.4, 0.5) is 15.9 Å². The molecule has 2 fully saturated rings. The van der Waals surface area contributed by atoms with E-state index in [1.54, 1.807) is 6.07 Å². The second kappa shape index (κ2) is 11.2. The van der Waals surface area contributed by atoms with E-state index in [1.807, 2.05) is 0 Å². The number of likely N-dealkylation sites (N-methyl/N-ethyl adjacent to an activating group) is 1. The monoisotopic (exact) mass is 624 g/mol. The number of halogens is 2. The Morgan fingerprint density at radius 2 is 1.98 bits per heavy atom. The molecule has 0 radical (unpaired) electrons. The van der Waals surface area contributed by atoms with Gasteiger partial charge in [0.25, 0.3) is 11.5 Å². The van der Waals surface area contributed by atoms with Gasteiger partial charge in [-0.05, 0) is 19.5 Å². The molecular formula is C29H30ClFN8O5. The van der Waals surface area contributed by atoms with Gasteiger partial charge in [0, 0.05) is 62.7 Å². The van der Waals surface area contributed by atoms with E-state index in [0.29, 0.717) is 24.7 Å². The van der Waals surface area contributed by atoms with E-state index in [-0.39, 0.29) is 44.9 Å². The van der Waals surface area contributed by atoms with Gasteiger partial charge in [-0.2, -0.15) is 0 Å². The van der Waals surface area contributed by atoms with Gasteiger partial charge in [0.05, 0.1) is 46.4 Å². The third kappa shape index (κ3) is 5.36. The van der Waals surface area contributed by atoms with Crippen LogP contribution >= 0.6 is 11.6 Å². The van der Waals surface area contributed by atoms with Gasteiger partial charge in [0.15, 0.2) is 0 Å². The Labute approximate surface area is 255 Å². The van der Waals surface area contributed by atoms with Crippen LogP contribution in [0.15, 0.2) is 41.7 Å². The number of aromatic hydroxyl groups is 1. The molecule has 0 saturated carbocycles. The van der Waals surface area contributed by atoms with Crippen molar-refractivity contribution in [3.8, 4) is 16.9 Å². The second-order valence-corrected chi connectivity index (χ2v) is 11.7. The Hall–Kier alpha value is -4.53. The molecule has 6 rings (SSSR count). The summed E-state index contributed by atoms with van der Waals surface area (Å²) in [6, 6.07) is 3.52. The topological polar surface area (TPSA) is 161 Å². The lowest BCUT2D eigenvalue weighted by molar-refractivity contribution is -0.116. The second-order valence-electron chi connectivity index (χ2n) is 11.3. The summed E-state index contributed by atoms with van der Waals surface area (Å²) in [5, 5.41) is 13.1. The highest BCUT2D eigenvalue weighted by molar-refractivity contribution is 6.33. The van der Waals surface area contributed by atoms with Gasteiger partial charge >= 0.3 is 0 Å². The highest BCUT2D eigenvalue weighted by atomic mass is 35.5. The summed E-state index contributed by atoms with van der Waals surface area (Å²) >= 11 is 6.41. The first-order chi connectivity index (χ1) is 20.9. The van der Waals surface area contributed by atoms with Crippen LogP contribution in [-0.4, -0.2) is 86.4 Å². The van der Waals surface area contributed by atoms with Crippen LogP contribution in [0.5, 0.6) is 5.75 Å². The fourth-order valence-electron chi connectivity index (χ4n) is 5.92. The Kier molecular flexibility index (Phi) is 7.51. The van der Waals surface area contributed by atoms with Crippen molar-refractivity contribution >= 4 is 46.0 Å². The molecule has 5 heterocycles. The minimum absolute atomic E-state index is 0.0191. The SMILES string of the molecule is CN1CCOC2(CCN(c3cc(NC(=O)Cn4cc(-c5cc(C(N)=O)c(O)cc5F)c5c(=O)n(C)cnc54)c(Cl)cn3)C2)C1. The van der Waals surface area contributed by atoms with Gasteiger partial charge in [0.1, 0.15) is 29.6 Å². The third-order valence-electron chi connectivity index (χ3n) is 8.09. The molecule has 1 spiro atoms. The van der Waals surface area contributed by atoms with E-state index in [2.05, 4.69) is 32.1 Å². The molecular weight excluding hydrogens is 595 g/mol. The number of nitrogens with one attached hydrogen (secondary N) is 1. The number of morpholine rings is 1. The first-order valence-corrected chi connectivity index (χ1v) is 14.2. The van der Waals surface area contributed by atoms with Gasteiger partial charge in [-0.1, -0.05) is 11.6 Å². The van der Waals surface area contributed by atoms with Crippen LogP contribution in [0.2, 0.25) is 5.02 Å². The molecule has 15 heteroatoms. The van der Waals surface area contributed by atoms with Crippen molar-refractivity contribution in [2.24, 2.45) is 12.8 Å². The number of fused-ring (bicyclic) bond motifs is 1. The molecule has 0 bridgehead atoms. The highest BCUT2D eigenvalue weighted by Gasteiger charge is 2.42. The zero-order valence-corrected chi connectivity index (χ0v) is 24.8. The summed E-state index contributed by atoms with van der Waals surface area (Å²) in [7, 11) is 3.55. The van der Waals surface area contributed by atoms with E-state index in [4.69, 9.17) is 22.1 Å². The van der Waals surface area contributed by atoms with Crippen LogP contribution in [-0.2, 0) is 23.1 Å². The maximum Gasteiger partial charge on any atom is 0.263 e. The molecule has 3 aromatic heterocycles. The van der Waals surface area contributed by atoms with E-state index in [0.717, 1.165) is 38.2 Å². The quantitative estimate of drug-likeness (QED) is 0.291. The number of nitrogens with two attached hydrogens (primary N) is 1. The van der Waals surface area contributed by atoms with Crippen LogP contribution in [0.1, 0.15) is 16.8 Å². The summed E-state index contributed by atoms with van der Waals surface area (Å²) in [5.74, 6) is -2.36. The highest BCUT2D eigenvalue weighted by Crippen LogP contribution is 2.35. The predicted molar refractivity (Wildman–Crippen MR) is 161 cm³/mol. The molecule has 0 aliphatic carbocycles. The van der Waals surface area contributed by atoms with Crippen LogP contribution in [0.3, 0.4) is 0 Å². The predicted octanol–water partition coefficient (Wildman–Crippen LogP) is 1.94. The van der Waals surface area contributed by atoms with Gasteiger partial charge in [0.2, 0.25) is 5.91 Å². The Bertz CT molecular complexity index is 1880. The molecule has 1 aromatic carbocycles. The van der Waals surface area contributed by atoms with Crippen molar-refractivity contribution in [3.63, 3.8) is 0 Å². The number of nitrogens with zero attached hydrogens (tertiary/aromatic N) is 6. The number of carbonyl (C=O) groups excluding carboxylic acids is 2. The molecule has 2 amide bonds. The Morgan fingerprint density at radius 3 is 2.73 bits per heavy atom. The van der Waals surface area contributed by atoms with E-state index in [1.165, 1.54) is 34.9 Å². The number of pyridine rings is 1. The molecule has 4 N–H and O–H groups in total. The van der Waals surface area contributed by atoms with Crippen molar-refractivity contribution in [1.82, 2.24) is 24.0 Å². The first kappa shape index (κ1) is 29.5. The molecule has 2 aliphatic rings. The average Bonchev–Trinajstić information content (AvgIpc) is 3.53. The average molecular weight is 625 g/mol. The molecule has 2 saturated heterocycles. The molecule has 13 nitrogen and oxygen atoms in total. The standard InChI is InChI=1S/C29H30ClFN8O5/c1-36-5-6-44-29(13-36)3-4-38(14-29)23-9-21(19(30)10-33-23)35-24(41)12-39-11-18(25-27(39)34-15-37(2)28(25)43)16-7-17(26(32)42)22(40)8-20(16)31/h7-11,15,40H,3-6,12-14H2,1-2H3,(H2,32,42)(H,33,35,41). The smallest absolute Gasteiger partial charge is 0.263 e. The van der Waals surface area contributed by atoms with Crippen LogP contribution in [0.25, 0.3) is 22.2 Å². The van der Waals surface area contributed by atoms with Crippen molar-refractivity contribution in [2.45, 2.75) is 18.6 Å². The normalized spacial score (nSPS) is 18.8. The third-order valence-corrected chi connectivity index (χ3v) is 8.39. The van der Waals surface area contributed by atoms with Crippen LogP contribution in [0, 0.1) is 5.82 Å². The van der Waals surface area contributed by atoms with Crippen molar-refractivity contribution < 1.29 is 23.8 Å². The number of ether oxygens (including phenoxy) is 1. The molecule has 230 valence electrons. The van der Waals surface area contributed by atoms with Gasteiger partial charge < -0.3 is 39.8 Å². The number of aryl methyl sites for hydroxylation is 1. The number of anilines is 2. The number of carbonyl (C=O) groups is 2. The summed E-state index contributed by atoms with van der Waals surface area (Å²) in [5.41, 5.74) is 4.62. The molecule has 44 heavy (non-hydrogen) atoms. The Morgan fingerprint density at radius 1 is 1.18 bits per heavy atom. The number of hydrogen-bond acceptors (Lipinski definition) is 9. The minimum Gasteiger partial charge on any atom is -0.507 e. The lowest BCUT2D eigenvalue weighted by atomic mass is 10.0. The summed E-state index contributed by atoms with van der Waals surface area (Å²) in [4.78, 5) is 51.4. The lowest BCUT2D eigenvalue weighted by Crippen LogP contribution is -2.52.